The van der Waals surface area contributed by atoms with Crippen LogP contribution in [0.4, 0.5) is 0 Å². The summed E-state index contributed by atoms with van der Waals surface area (Å²) in [7, 11) is -9.91. The largest absolute Gasteiger partial charge is 0.472 e. The first-order valence-electron chi connectivity index (χ1n) is 38.8. The third-order valence-corrected chi connectivity index (χ3v) is 19.3. The standard InChI is InChI=1S/C76H144O17P2/c1-7-10-12-14-15-16-17-18-23-27-30-36-41-47-53-59-74(79)87-65-72(93-76(81)60-54-48-42-37-31-28-25-22-20-19-21-24-26-29-34-39-45-50-56-68(4)5)67-91-95(84,85)89-63-70(77)62-88-94(82,83)90-66-71(64-86-73(78)58-52-44-13-11-8-2)92-75(80)61-55-49-43-38-33-32-35-40-46-51-57-69(6)9-3/h16-18,23,68-72,77H,7-15,19-22,24-67H2,1-6H3,(H,82,83)(H,84,85)/b17-16-,23-18-/t69?,70-,71+,72+/m0/s1. The summed E-state index contributed by atoms with van der Waals surface area (Å²) in [6.45, 7) is 9.49. The molecule has 0 spiro atoms. The third-order valence-electron chi connectivity index (χ3n) is 17.4. The van der Waals surface area contributed by atoms with Gasteiger partial charge in [-0.15, -0.1) is 0 Å². The van der Waals surface area contributed by atoms with E-state index in [0.29, 0.717) is 25.7 Å². The van der Waals surface area contributed by atoms with Crippen LogP contribution in [-0.4, -0.2) is 96.7 Å². The van der Waals surface area contributed by atoms with Gasteiger partial charge in [0.15, 0.2) is 12.2 Å². The van der Waals surface area contributed by atoms with Gasteiger partial charge in [0, 0.05) is 25.7 Å². The lowest BCUT2D eigenvalue weighted by Crippen LogP contribution is -2.30. The normalized spacial score (nSPS) is 14.5. The van der Waals surface area contributed by atoms with E-state index >= 15 is 0 Å². The number of hydrogen-bond acceptors (Lipinski definition) is 15. The fourth-order valence-corrected chi connectivity index (χ4v) is 12.7. The van der Waals surface area contributed by atoms with Gasteiger partial charge in [-0.2, -0.15) is 0 Å². The Morgan fingerprint density at radius 1 is 0.347 bits per heavy atom. The number of aliphatic hydroxyl groups is 1. The lowest BCUT2D eigenvalue weighted by molar-refractivity contribution is -0.161. The Kier molecular flexibility index (Phi) is 65.6. The van der Waals surface area contributed by atoms with Gasteiger partial charge in [0.1, 0.15) is 19.3 Å². The van der Waals surface area contributed by atoms with Crippen LogP contribution in [0.5, 0.6) is 0 Å². The van der Waals surface area contributed by atoms with E-state index in [9.17, 15) is 43.2 Å². The van der Waals surface area contributed by atoms with Gasteiger partial charge in [-0.3, -0.25) is 37.3 Å². The zero-order valence-electron chi connectivity index (χ0n) is 61.5. The van der Waals surface area contributed by atoms with Gasteiger partial charge in [-0.1, -0.05) is 316 Å². The van der Waals surface area contributed by atoms with Crippen LogP contribution in [0.15, 0.2) is 24.3 Å². The Morgan fingerprint density at radius 2 is 0.621 bits per heavy atom. The number of aliphatic hydroxyl groups excluding tert-OH is 1. The van der Waals surface area contributed by atoms with Crippen molar-refractivity contribution in [3.63, 3.8) is 0 Å². The SMILES string of the molecule is CCCCCC/C=C\C=C/CCCCCCCC(=O)OC[C@H](COP(=O)(O)OC[C@@H](O)COP(=O)(O)OC[C@@H](COC(=O)CCCCCCC)OC(=O)CCCCCCCCCCCCC(C)CC)OC(=O)CCCCCCCCCCCCCCCCCCCCC(C)C. The monoisotopic (exact) mass is 1390 g/mol. The number of phosphoric acid groups is 2. The number of allylic oxidation sites excluding steroid dienone is 4. The maximum atomic E-state index is 13.1. The van der Waals surface area contributed by atoms with Gasteiger partial charge in [0.05, 0.1) is 26.4 Å². The highest BCUT2D eigenvalue weighted by Crippen LogP contribution is 2.45. The van der Waals surface area contributed by atoms with Crippen LogP contribution in [0.3, 0.4) is 0 Å². The molecule has 3 unspecified atom stereocenters. The Bertz CT molecular complexity index is 1930. The molecule has 19 heteroatoms. The minimum Gasteiger partial charge on any atom is -0.462 e. The molecule has 0 aliphatic heterocycles. The molecule has 0 aromatic heterocycles. The quantitative estimate of drug-likeness (QED) is 0.0169. The molecule has 0 saturated carbocycles. The second kappa shape index (κ2) is 67.4. The molecule has 3 N–H and O–H groups in total. The Morgan fingerprint density at radius 3 is 0.947 bits per heavy atom. The average molecular weight is 1390 g/mol. The minimum atomic E-state index is -4.96. The second-order valence-corrected chi connectivity index (χ2v) is 30.3. The molecule has 560 valence electrons. The highest BCUT2D eigenvalue weighted by atomic mass is 31.2. The highest BCUT2D eigenvalue weighted by molar-refractivity contribution is 7.47. The minimum absolute atomic E-state index is 0.101. The molecule has 0 saturated heterocycles. The summed E-state index contributed by atoms with van der Waals surface area (Å²) in [4.78, 5) is 72.5. The molecule has 0 aliphatic carbocycles. The fraction of sp³-hybridized carbons (Fsp3) is 0.895. The maximum absolute atomic E-state index is 13.1. The number of carbonyl (C=O) groups is 4. The van der Waals surface area contributed by atoms with Crippen molar-refractivity contribution in [1.29, 1.82) is 0 Å². The first-order valence-corrected chi connectivity index (χ1v) is 41.8. The average Bonchev–Trinajstić information content (AvgIpc) is 3.22. The van der Waals surface area contributed by atoms with E-state index in [1.807, 2.05) is 0 Å². The molecule has 95 heavy (non-hydrogen) atoms. The topological polar surface area (TPSA) is 237 Å². The number of carbonyl (C=O) groups excluding carboxylic acids is 4. The number of hydrogen-bond donors (Lipinski definition) is 3. The first kappa shape index (κ1) is 92.5. The highest BCUT2D eigenvalue weighted by Gasteiger charge is 2.30. The summed E-state index contributed by atoms with van der Waals surface area (Å²) in [5.41, 5.74) is 0. The number of phosphoric ester groups is 2. The molecule has 0 rings (SSSR count). The fourth-order valence-electron chi connectivity index (χ4n) is 11.1. The molecule has 17 nitrogen and oxygen atoms in total. The molecule has 0 aliphatic rings. The van der Waals surface area contributed by atoms with Crippen molar-refractivity contribution in [2.75, 3.05) is 39.6 Å². The molecule has 0 radical (unpaired) electrons. The Hall–Kier alpha value is -2.46. The zero-order chi connectivity index (χ0) is 70.0. The number of rotatable bonds is 73. The maximum Gasteiger partial charge on any atom is 0.472 e. The summed E-state index contributed by atoms with van der Waals surface area (Å²) in [5.74, 6) is -0.538. The summed E-state index contributed by atoms with van der Waals surface area (Å²) < 4.78 is 68.2. The van der Waals surface area contributed by atoms with E-state index in [2.05, 4.69) is 65.8 Å². The van der Waals surface area contributed by atoms with E-state index in [4.69, 9.17) is 37.0 Å². The van der Waals surface area contributed by atoms with Crippen LogP contribution in [-0.2, 0) is 65.4 Å². The van der Waals surface area contributed by atoms with Gasteiger partial charge in [0.2, 0.25) is 0 Å². The van der Waals surface area contributed by atoms with E-state index in [0.717, 1.165) is 127 Å². The van der Waals surface area contributed by atoms with E-state index in [-0.39, 0.29) is 25.7 Å². The van der Waals surface area contributed by atoms with E-state index in [1.54, 1.807) is 0 Å². The van der Waals surface area contributed by atoms with Crippen LogP contribution in [0.25, 0.3) is 0 Å². The molecule has 0 fully saturated rings. The molecule has 6 atom stereocenters. The van der Waals surface area contributed by atoms with Gasteiger partial charge in [-0.05, 0) is 63.2 Å². The third kappa shape index (κ3) is 68.5. The lowest BCUT2D eigenvalue weighted by Gasteiger charge is -2.21. The van der Waals surface area contributed by atoms with E-state index in [1.165, 1.54) is 161 Å². The second-order valence-electron chi connectivity index (χ2n) is 27.4. The lowest BCUT2D eigenvalue weighted by atomic mass is 9.99. The van der Waals surface area contributed by atoms with E-state index < -0.39 is 97.5 Å². The van der Waals surface area contributed by atoms with Crippen molar-refractivity contribution < 1.29 is 80.2 Å². The number of ether oxygens (including phenoxy) is 4. The predicted octanol–water partition coefficient (Wildman–Crippen LogP) is 21.9. The molecule has 0 aromatic rings. The van der Waals surface area contributed by atoms with Crippen molar-refractivity contribution in [1.82, 2.24) is 0 Å². The van der Waals surface area contributed by atoms with Crippen LogP contribution in [0.2, 0.25) is 0 Å². The Labute approximate surface area is 580 Å². The molecule has 0 aromatic carbocycles. The van der Waals surface area contributed by atoms with Crippen molar-refractivity contribution in [2.45, 2.75) is 387 Å². The van der Waals surface area contributed by atoms with Crippen molar-refractivity contribution in [3.8, 4) is 0 Å². The van der Waals surface area contributed by atoms with Crippen LogP contribution in [0, 0.1) is 11.8 Å². The van der Waals surface area contributed by atoms with Crippen LogP contribution in [0.1, 0.15) is 369 Å². The van der Waals surface area contributed by atoms with Crippen LogP contribution < -0.4 is 0 Å². The summed E-state index contributed by atoms with van der Waals surface area (Å²) in [5, 5.41) is 10.6. The van der Waals surface area contributed by atoms with Gasteiger partial charge < -0.3 is 33.8 Å². The predicted molar refractivity (Wildman–Crippen MR) is 386 cm³/mol. The van der Waals surface area contributed by atoms with Crippen LogP contribution >= 0.6 is 15.6 Å². The van der Waals surface area contributed by atoms with Crippen molar-refractivity contribution in [3.05, 3.63) is 24.3 Å². The summed E-state index contributed by atoms with van der Waals surface area (Å²) >= 11 is 0. The molecule has 0 bridgehead atoms. The van der Waals surface area contributed by atoms with Gasteiger partial charge in [0.25, 0.3) is 0 Å². The number of esters is 4. The molecule has 0 heterocycles. The van der Waals surface area contributed by atoms with Crippen molar-refractivity contribution >= 4 is 39.5 Å². The molecule has 0 amide bonds. The molecular formula is C76H144O17P2. The summed E-state index contributed by atoms with van der Waals surface area (Å²) in [6, 6.07) is 0. The van der Waals surface area contributed by atoms with Gasteiger partial charge in [-0.25, -0.2) is 9.13 Å². The summed E-state index contributed by atoms with van der Waals surface area (Å²) in [6.07, 6.45) is 58.1. The molecular weight excluding hydrogens is 1250 g/mol. The number of unbranched alkanes of at least 4 members (excludes halogenated alkanes) is 39. The zero-order valence-corrected chi connectivity index (χ0v) is 63.2. The first-order chi connectivity index (χ1) is 45.9. The Balaban J connectivity index is 5.16. The van der Waals surface area contributed by atoms with Crippen molar-refractivity contribution in [2.24, 2.45) is 11.8 Å². The van der Waals surface area contributed by atoms with Gasteiger partial charge >= 0.3 is 39.5 Å². The smallest absolute Gasteiger partial charge is 0.462 e.